The number of carbonyl (C=O) groups excluding carboxylic acids is 1. The molecule has 1 rings (SSSR count). The molecule has 0 saturated carbocycles. The second kappa shape index (κ2) is 6.82. The molecule has 2 N–H and O–H groups in total. The second-order valence-corrected chi connectivity index (χ2v) is 4.16. The lowest BCUT2D eigenvalue weighted by Gasteiger charge is -2.17. The summed E-state index contributed by atoms with van der Waals surface area (Å²) in [5, 5.41) is 10.9. The van der Waals surface area contributed by atoms with Gasteiger partial charge in [0.25, 0.3) is 0 Å². The van der Waals surface area contributed by atoms with Crippen molar-refractivity contribution in [1.29, 1.82) is 0 Å². The highest BCUT2D eigenvalue weighted by Gasteiger charge is 2.26. The van der Waals surface area contributed by atoms with Gasteiger partial charge in [0, 0.05) is 6.42 Å². The summed E-state index contributed by atoms with van der Waals surface area (Å²) in [6.45, 7) is 1.59. The summed E-state index contributed by atoms with van der Waals surface area (Å²) in [6.07, 6.45) is -3.68. The number of hydrogen-bond acceptors (Lipinski definition) is 2. The van der Waals surface area contributed by atoms with Gasteiger partial charge >= 0.3 is 5.97 Å². The van der Waals surface area contributed by atoms with Crippen molar-refractivity contribution in [3.63, 3.8) is 0 Å². The van der Waals surface area contributed by atoms with E-state index in [-0.39, 0.29) is 0 Å². The van der Waals surface area contributed by atoms with E-state index in [2.05, 4.69) is 5.32 Å². The van der Waals surface area contributed by atoms with Gasteiger partial charge in [-0.1, -0.05) is 30.3 Å². The van der Waals surface area contributed by atoms with Crippen LogP contribution in [0, 0.1) is 0 Å². The van der Waals surface area contributed by atoms with E-state index in [0.29, 0.717) is 5.56 Å². The van der Waals surface area contributed by atoms with Crippen LogP contribution in [0.4, 0.5) is 8.78 Å². The van der Waals surface area contributed by atoms with Crippen LogP contribution in [-0.2, 0) is 9.59 Å². The molecule has 1 amide bonds. The van der Waals surface area contributed by atoms with Gasteiger partial charge in [-0.15, -0.1) is 0 Å². The smallest absolute Gasteiger partial charge is 0.326 e. The Kier molecular flexibility index (Phi) is 5.41. The SMILES string of the molecule is CC(C(=O)NC(CC(F)F)C(=O)O)c1ccccc1. The Bertz CT molecular complexity index is 437. The van der Waals surface area contributed by atoms with E-state index in [0.717, 1.165) is 0 Å². The summed E-state index contributed by atoms with van der Waals surface area (Å²) < 4.78 is 24.4. The molecule has 1 aromatic rings. The van der Waals surface area contributed by atoms with Crippen LogP contribution in [0.3, 0.4) is 0 Å². The topological polar surface area (TPSA) is 66.4 Å². The Morgan fingerprint density at radius 1 is 1.26 bits per heavy atom. The number of amides is 1. The van der Waals surface area contributed by atoms with Gasteiger partial charge in [0.15, 0.2) is 0 Å². The molecule has 2 atom stereocenters. The lowest BCUT2D eigenvalue weighted by atomic mass is 10.00. The van der Waals surface area contributed by atoms with Crippen LogP contribution in [0.1, 0.15) is 24.8 Å². The minimum absolute atomic E-state index is 0.584. The minimum Gasteiger partial charge on any atom is -0.480 e. The quantitative estimate of drug-likeness (QED) is 0.831. The third-order valence-corrected chi connectivity index (χ3v) is 2.72. The molecule has 0 aromatic heterocycles. The van der Waals surface area contributed by atoms with Crippen LogP contribution in [0.2, 0.25) is 0 Å². The lowest BCUT2D eigenvalue weighted by molar-refractivity contribution is -0.143. The van der Waals surface area contributed by atoms with Gasteiger partial charge in [-0.3, -0.25) is 4.79 Å². The summed E-state index contributed by atoms with van der Waals surface area (Å²) in [5.41, 5.74) is 0.696. The van der Waals surface area contributed by atoms with Crippen molar-refractivity contribution < 1.29 is 23.5 Å². The summed E-state index contributed by atoms with van der Waals surface area (Å²) >= 11 is 0. The largest absolute Gasteiger partial charge is 0.480 e. The zero-order valence-corrected chi connectivity index (χ0v) is 10.3. The van der Waals surface area contributed by atoms with Crippen molar-refractivity contribution in [2.45, 2.75) is 31.7 Å². The maximum absolute atomic E-state index is 12.2. The molecule has 0 aliphatic heterocycles. The van der Waals surface area contributed by atoms with E-state index < -0.39 is 36.7 Å². The first kappa shape index (κ1) is 15.1. The Hall–Kier alpha value is -1.98. The molecule has 0 saturated heterocycles. The molecule has 19 heavy (non-hydrogen) atoms. The summed E-state index contributed by atoms with van der Waals surface area (Å²) in [6, 6.07) is 7.13. The fraction of sp³-hybridized carbons (Fsp3) is 0.385. The van der Waals surface area contributed by atoms with Crippen LogP contribution in [0.15, 0.2) is 30.3 Å². The highest BCUT2D eigenvalue weighted by molar-refractivity contribution is 5.87. The number of rotatable bonds is 6. The molecule has 0 heterocycles. The van der Waals surface area contributed by atoms with Gasteiger partial charge < -0.3 is 10.4 Å². The van der Waals surface area contributed by atoms with E-state index in [1.54, 1.807) is 37.3 Å². The number of carboxylic acid groups (broad SMARTS) is 1. The third kappa shape index (κ3) is 4.65. The number of alkyl halides is 2. The van der Waals surface area contributed by atoms with Gasteiger partial charge in [-0.25, -0.2) is 13.6 Å². The molecular formula is C13H15F2NO3. The van der Waals surface area contributed by atoms with E-state index in [1.807, 2.05) is 0 Å². The van der Waals surface area contributed by atoms with E-state index in [4.69, 9.17) is 5.11 Å². The van der Waals surface area contributed by atoms with Crippen molar-refractivity contribution in [1.82, 2.24) is 5.32 Å². The molecular weight excluding hydrogens is 256 g/mol. The Labute approximate surface area is 109 Å². The zero-order chi connectivity index (χ0) is 14.4. The maximum Gasteiger partial charge on any atom is 0.326 e. The van der Waals surface area contributed by atoms with E-state index in [1.165, 1.54) is 0 Å². The number of carbonyl (C=O) groups is 2. The van der Waals surface area contributed by atoms with Gasteiger partial charge in [0.1, 0.15) is 6.04 Å². The number of halogens is 2. The van der Waals surface area contributed by atoms with Gasteiger partial charge in [0.05, 0.1) is 5.92 Å². The third-order valence-electron chi connectivity index (χ3n) is 2.72. The molecule has 104 valence electrons. The first-order valence-electron chi connectivity index (χ1n) is 5.78. The fourth-order valence-electron chi connectivity index (χ4n) is 1.59. The first-order valence-corrected chi connectivity index (χ1v) is 5.78. The molecule has 6 heteroatoms. The summed E-state index contributed by atoms with van der Waals surface area (Å²) in [5.74, 6) is -2.64. The Balaban J connectivity index is 2.69. The van der Waals surface area contributed by atoms with Crippen LogP contribution in [-0.4, -0.2) is 29.5 Å². The fourth-order valence-corrected chi connectivity index (χ4v) is 1.59. The summed E-state index contributed by atoms with van der Waals surface area (Å²) in [7, 11) is 0. The van der Waals surface area contributed by atoms with Gasteiger partial charge in [-0.2, -0.15) is 0 Å². The minimum atomic E-state index is -2.78. The molecule has 0 spiro atoms. The van der Waals surface area contributed by atoms with Crippen LogP contribution in [0.5, 0.6) is 0 Å². The van der Waals surface area contributed by atoms with Gasteiger partial charge in [-0.05, 0) is 12.5 Å². The number of hydrogen-bond donors (Lipinski definition) is 2. The maximum atomic E-state index is 12.2. The van der Waals surface area contributed by atoms with E-state index in [9.17, 15) is 18.4 Å². The number of benzene rings is 1. The van der Waals surface area contributed by atoms with Crippen molar-refractivity contribution >= 4 is 11.9 Å². The molecule has 0 radical (unpaired) electrons. The molecule has 0 aliphatic rings. The average Bonchev–Trinajstić information content (AvgIpc) is 2.37. The monoisotopic (exact) mass is 271 g/mol. The highest BCUT2D eigenvalue weighted by atomic mass is 19.3. The predicted octanol–water partition coefficient (Wildman–Crippen LogP) is 2.01. The molecule has 0 fully saturated rings. The standard InChI is InChI=1S/C13H15F2NO3/c1-8(9-5-3-2-4-6-9)12(17)16-10(13(18)19)7-11(14)15/h2-6,8,10-11H,7H2,1H3,(H,16,17)(H,18,19). The molecule has 4 nitrogen and oxygen atoms in total. The predicted molar refractivity (Wildman–Crippen MR) is 65.0 cm³/mol. The number of nitrogens with one attached hydrogen (secondary N) is 1. The zero-order valence-electron chi connectivity index (χ0n) is 10.3. The molecule has 0 bridgehead atoms. The van der Waals surface area contributed by atoms with Crippen LogP contribution in [0.25, 0.3) is 0 Å². The first-order chi connectivity index (χ1) is 8.91. The second-order valence-electron chi connectivity index (χ2n) is 4.16. The lowest BCUT2D eigenvalue weighted by Crippen LogP contribution is -2.43. The number of carboxylic acids is 1. The van der Waals surface area contributed by atoms with Crippen LogP contribution >= 0.6 is 0 Å². The Morgan fingerprint density at radius 3 is 2.32 bits per heavy atom. The van der Waals surface area contributed by atoms with Crippen LogP contribution < -0.4 is 5.32 Å². The van der Waals surface area contributed by atoms with Crippen molar-refractivity contribution in [3.8, 4) is 0 Å². The number of aliphatic carboxylic acids is 1. The van der Waals surface area contributed by atoms with Crippen molar-refractivity contribution in [3.05, 3.63) is 35.9 Å². The van der Waals surface area contributed by atoms with Crippen molar-refractivity contribution in [2.75, 3.05) is 0 Å². The average molecular weight is 271 g/mol. The highest BCUT2D eigenvalue weighted by Crippen LogP contribution is 2.15. The van der Waals surface area contributed by atoms with Crippen molar-refractivity contribution in [2.24, 2.45) is 0 Å². The normalized spacial score (nSPS) is 13.9. The van der Waals surface area contributed by atoms with E-state index >= 15 is 0 Å². The molecule has 2 unspecified atom stereocenters. The molecule has 0 aliphatic carbocycles. The summed E-state index contributed by atoms with van der Waals surface area (Å²) in [4.78, 5) is 22.6. The molecule has 1 aromatic carbocycles. The Morgan fingerprint density at radius 2 is 1.84 bits per heavy atom. The van der Waals surface area contributed by atoms with Gasteiger partial charge in [0.2, 0.25) is 12.3 Å².